The molecule has 0 bridgehead atoms. The third-order valence-corrected chi connectivity index (χ3v) is 1.76. The summed E-state index contributed by atoms with van der Waals surface area (Å²) in [5.41, 5.74) is 1.29. The van der Waals surface area contributed by atoms with E-state index in [1.807, 2.05) is 20.0 Å². The molecule has 0 spiro atoms. The Kier molecular flexibility index (Phi) is 3.02. The van der Waals surface area contributed by atoms with E-state index in [-0.39, 0.29) is 0 Å². The van der Waals surface area contributed by atoms with Crippen LogP contribution >= 0.6 is 0 Å². The van der Waals surface area contributed by atoms with Crippen molar-refractivity contribution in [2.24, 2.45) is 0 Å². The minimum absolute atomic E-state index is 0.772. The van der Waals surface area contributed by atoms with Crippen LogP contribution in [0, 0.1) is 0 Å². The Hall–Kier alpha value is -0.920. The first-order valence-electron chi connectivity index (χ1n) is 4.07. The Morgan fingerprint density at radius 1 is 1.45 bits per heavy atom. The summed E-state index contributed by atoms with van der Waals surface area (Å²) in [5.74, 6) is 1.10. The minimum atomic E-state index is 0.772. The predicted octanol–water partition coefficient (Wildman–Crippen LogP) is 1.80. The van der Waals surface area contributed by atoms with Crippen LogP contribution in [0.15, 0.2) is 23.6 Å². The fraction of sp³-hybridized carbons (Fsp3) is 0.556. The average molecular weight is 153 g/mol. The Labute approximate surface area is 67.9 Å². The summed E-state index contributed by atoms with van der Waals surface area (Å²) in [6.45, 7) is 2.78. The van der Waals surface area contributed by atoms with Crippen LogP contribution in [0.4, 0.5) is 0 Å². The number of rotatable bonds is 3. The molecule has 0 aromatic heterocycles. The van der Waals surface area contributed by atoms with E-state index in [2.05, 4.69) is 11.4 Å². The van der Waals surface area contributed by atoms with Crippen LogP contribution in [0.5, 0.6) is 0 Å². The molecule has 0 fully saturated rings. The zero-order chi connectivity index (χ0) is 8.10. The third-order valence-electron chi connectivity index (χ3n) is 1.76. The first-order valence-corrected chi connectivity index (χ1v) is 4.07. The summed E-state index contributed by atoms with van der Waals surface area (Å²) in [6, 6.07) is 0. The molecule has 0 saturated carbocycles. The predicted molar refractivity (Wildman–Crippen MR) is 46.1 cm³/mol. The van der Waals surface area contributed by atoms with Crippen molar-refractivity contribution in [2.45, 2.75) is 19.8 Å². The van der Waals surface area contributed by atoms with E-state index in [4.69, 9.17) is 4.74 Å². The molecule has 1 N–H and O–H groups in total. The number of allylic oxidation sites excluding steroid dienone is 4. The van der Waals surface area contributed by atoms with E-state index in [1.54, 1.807) is 0 Å². The smallest absolute Gasteiger partial charge is 0.0964 e. The summed E-state index contributed by atoms with van der Waals surface area (Å²) in [5, 5.41) is 3.13. The van der Waals surface area contributed by atoms with E-state index in [0.29, 0.717) is 0 Å². The van der Waals surface area contributed by atoms with Crippen LogP contribution < -0.4 is 5.32 Å². The van der Waals surface area contributed by atoms with E-state index < -0.39 is 0 Å². The van der Waals surface area contributed by atoms with E-state index >= 15 is 0 Å². The Morgan fingerprint density at radius 2 is 2.27 bits per heavy atom. The quantitative estimate of drug-likeness (QED) is 0.667. The summed E-state index contributed by atoms with van der Waals surface area (Å²) < 4.78 is 5.36. The zero-order valence-electron chi connectivity index (χ0n) is 7.18. The molecule has 0 aliphatic heterocycles. The van der Waals surface area contributed by atoms with Gasteiger partial charge in [0, 0.05) is 19.2 Å². The second-order valence-electron chi connectivity index (χ2n) is 2.51. The average Bonchev–Trinajstić information content (AvgIpc) is 2.07. The molecule has 0 radical (unpaired) electrons. The zero-order valence-corrected chi connectivity index (χ0v) is 7.18. The fourth-order valence-corrected chi connectivity index (χ4v) is 1.13. The van der Waals surface area contributed by atoms with Gasteiger partial charge < -0.3 is 10.1 Å². The maximum absolute atomic E-state index is 5.36. The molecule has 1 aliphatic carbocycles. The van der Waals surface area contributed by atoms with Crippen molar-refractivity contribution < 1.29 is 4.74 Å². The Balaban J connectivity index is 2.47. The van der Waals surface area contributed by atoms with Gasteiger partial charge in [0.05, 0.1) is 12.4 Å². The van der Waals surface area contributed by atoms with E-state index in [0.717, 1.165) is 25.2 Å². The normalized spacial score (nSPS) is 16.9. The van der Waals surface area contributed by atoms with Gasteiger partial charge in [0.1, 0.15) is 0 Å². The molecule has 0 aromatic carbocycles. The van der Waals surface area contributed by atoms with Gasteiger partial charge in [0.15, 0.2) is 0 Å². The van der Waals surface area contributed by atoms with Crippen molar-refractivity contribution >= 4 is 0 Å². The van der Waals surface area contributed by atoms with Crippen molar-refractivity contribution in [1.29, 1.82) is 0 Å². The highest BCUT2D eigenvalue weighted by molar-refractivity contribution is 5.19. The summed E-state index contributed by atoms with van der Waals surface area (Å²) >= 11 is 0. The van der Waals surface area contributed by atoms with Gasteiger partial charge >= 0.3 is 0 Å². The molecule has 0 atom stereocenters. The molecule has 62 valence electrons. The number of hydrogen-bond donors (Lipinski definition) is 1. The highest BCUT2D eigenvalue weighted by atomic mass is 16.5. The number of nitrogens with one attached hydrogen (secondary N) is 1. The van der Waals surface area contributed by atoms with Gasteiger partial charge in [-0.25, -0.2) is 0 Å². The van der Waals surface area contributed by atoms with Crippen molar-refractivity contribution in [3.8, 4) is 0 Å². The fourth-order valence-electron chi connectivity index (χ4n) is 1.13. The summed E-state index contributed by atoms with van der Waals surface area (Å²) in [6.07, 6.45) is 6.22. The molecule has 2 nitrogen and oxygen atoms in total. The maximum atomic E-state index is 5.36. The van der Waals surface area contributed by atoms with Crippen LogP contribution in [0.25, 0.3) is 0 Å². The lowest BCUT2D eigenvalue weighted by Gasteiger charge is -2.14. The molecule has 2 heteroatoms. The van der Waals surface area contributed by atoms with Gasteiger partial charge in [-0.3, -0.25) is 0 Å². The Bertz CT molecular complexity index is 182. The van der Waals surface area contributed by atoms with Gasteiger partial charge in [0.25, 0.3) is 0 Å². The largest absolute Gasteiger partial charge is 0.498 e. The van der Waals surface area contributed by atoms with Crippen LogP contribution in [0.1, 0.15) is 19.8 Å². The molecule has 1 rings (SSSR count). The molecule has 0 unspecified atom stereocenters. The highest BCUT2D eigenvalue weighted by Gasteiger charge is 2.04. The van der Waals surface area contributed by atoms with Gasteiger partial charge in [0.2, 0.25) is 0 Å². The lowest BCUT2D eigenvalue weighted by Crippen LogP contribution is -2.09. The highest BCUT2D eigenvalue weighted by Crippen LogP contribution is 2.16. The topological polar surface area (TPSA) is 21.3 Å². The second kappa shape index (κ2) is 4.06. The van der Waals surface area contributed by atoms with Gasteiger partial charge in [-0.1, -0.05) is 0 Å². The minimum Gasteiger partial charge on any atom is -0.498 e. The van der Waals surface area contributed by atoms with E-state index in [9.17, 15) is 0 Å². The molecule has 0 saturated heterocycles. The molecular weight excluding hydrogens is 138 g/mol. The molecule has 0 heterocycles. The Morgan fingerprint density at radius 3 is 2.73 bits per heavy atom. The van der Waals surface area contributed by atoms with Crippen molar-refractivity contribution in [3.05, 3.63) is 23.6 Å². The van der Waals surface area contributed by atoms with E-state index in [1.165, 1.54) is 5.70 Å². The molecule has 0 amide bonds. The summed E-state index contributed by atoms with van der Waals surface area (Å²) in [7, 11) is 1.95. The van der Waals surface area contributed by atoms with Gasteiger partial charge in [-0.2, -0.15) is 0 Å². The molecule has 1 aliphatic rings. The summed E-state index contributed by atoms with van der Waals surface area (Å²) in [4.78, 5) is 0. The third kappa shape index (κ3) is 2.30. The monoisotopic (exact) mass is 153 g/mol. The first kappa shape index (κ1) is 8.18. The SMILES string of the molecule is CCOC1=CC=C(NC)CC1. The second-order valence-corrected chi connectivity index (χ2v) is 2.51. The van der Waals surface area contributed by atoms with Crippen LogP contribution in [0.3, 0.4) is 0 Å². The van der Waals surface area contributed by atoms with Gasteiger partial charge in [-0.15, -0.1) is 0 Å². The molecule has 11 heavy (non-hydrogen) atoms. The molecule has 0 aromatic rings. The lowest BCUT2D eigenvalue weighted by atomic mass is 10.1. The van der Waals surface area contributed by atoms with Crippen molar-refractivity contribution in [3.63, 3.8) is 0 Å². The first-order chi connectivity index (χ1) is 5.36. The molecular formula is C9H15NO. The standard InChI is InChI=1S/C9H15NO/c1-3-11-9-6-4-8(10-2)5-7-9/h4,6,10H,3,5,7H2,1-2H3. The van der Waals surface area contributed by atoms with Crippen LogP contribution in [-0.4, -0.2) is 13.7 Å². The number of ether oxygens (including phenoxy) is 1. The van der Waals surface area contributed by atoms with Crippen LogP contribution in [-0.2, 0) is 4.74 Å². The van der Waals surface area contributed by atoms with Gasteiger partial charge in [-0.05, 0) is 25.5 Å². The lowest BCUT2D eigenvalue weighted by molar-refractivity contribution is 0.217. The van der Waals surface area contributed by atoms with Crippen LogP contribution in [0.2, 0.25) is 0 Å². The maximum Gasteiger partial charge on any atom is 0.0964 e. The van der Waals surface area contributed by atoms with Crippen molar-refractivity contribution in [2.75, 3.05) is 13.7 Å². The van der Waals surface area contributed by atoms with Crippen molar-refractivity contribution in [1.82, 2.24) is 5.32 Å². The number of hydrogen-bond acceptors (Lipinski definition) is 2.